The van der Waals surface area contributed by atoms with Crippen molar-refractivity contribution in [3.05, 3.63) is 0 Å². The lowest BCUT2D eigenvalue weighted by Gasteiger charge is -2.32. The minimum atomic E-state index is -3.28. The minimum Gasteiger partial charge on any atom is -0.314 e. The Kier molecular flexibility index (Phi) is 4.64. The summed E-state index contributed by atoms with van der Waals surface area (Å²) in [5, 5.41) is 3.50. The molecular weight excluding hydrogens is 250 g/mol. The Morgan fingerprint density at radius 2 is 2.00 bits per heavy atom. The smallest absolute Gasteiger partial charge is 0.279 e. The molecule has 0 aromatic carbocycles. The largest absolute Gasteiger partial charge is 0.314 e. The first-order chi connectivity index (χ1) is 8.47. The van der Waals surface area contributed by atoms with Crippen molar-refractivity contribution in [3.8, 4) is 0 Å². The minimum absolute atomic E-state index is 0.0417. The lowest BCUT2D eigenvalue weighted by Crippen LogP contribution is -2.49. The summed E-state index contributed by atoms with van der Waals surface area (Å²) in [5.74, 6) is 0.461. The Labute approximate surface area is 110 Å². The van der Waals surface area contributed by atoms with Crippen LogP contribution < -0.4 is 10.0 Å². The maximum Gasteiger partial charge on any atom is 0.279 e. The quantitative estimate of drug-likeness (QED) is 0.750. The number of piperidine rings is 1. The van der Waals surface area contributed by atoms with E-state index in [1.807, 2.05) is 13.8 Å². The van der Waals surface area contributed by atoms with Crippen LogP contribution in [-0.4, -0.2) is 44.4 Å². The summed E-state index contributed by atoms with van der Waals surface area (Å²) >= 11 is 0. The Hall–Kier alpha value is -0.170. The van der Waals surface area contributed by atoms with E-state index in [4.69, 9.17) is 0 Å². The monoisotopic (exact) mass is 275 g/mol. The van der Waals surface area contributed by atoms with Crippen LogP contribution in [0, 0.1) is 5.92 Å². The van der Waals surface area contributed by atoms with Crippen LogP contribution in [0.5, 0.6) is 0 Å². The summed E-state index contributed by atoms with van der Waals surface area (Å²) in [6.07, 6.45) is 4.66. The third kappa shape index (κ3) is 4.19. The van der Waals surface area contributed by atoms with E-state index in [0.29, 0.717) is 25.0 Å². The molecule has 0 radical (unpaired) electrons. The predicted molar refractivity (Wildman–Crippen MR) is 72.5 cm³/mol. The molecule has 1 aliphatic heterocycles. The molecule has 1 heterocycles. The van der Waals surface area contributed by atoms with Crippen molar-refractivity contribution in [2.45, 2.75) is 51.6 Å². The van der Waals surface area contributed by atoms with Crippen LogP contribution in [0.4, 0.5) is 0 Å². The molecule has 5 nitrogen and oxygen atoms in total. The average molecular weight is 275 g/mol. The molecule has 1 saturated heterocycles. The second-order valence-corrected chi connectivity index (χ2v) is 7.53. The van der Waals surface area contributed by atoms with Gasteiger partial charge in [0.25, 0.3) is 10.2 Å². The maximum absolute atomic E-state index is 12.1. The predicted octanol–water partition coefficient (Wildman–Crippen LogP) is 0.693. The fourth-order valence-electron chi connectivity index (χ4n) is 2.40. The molecule has 1 unspecified atom stereocenters. The summed E-state index contributed by atoms with van der Waals surface area (Å²) in [7, 11) is -3.28. The fourth-order valence-corrected chi connectivity index (χ4v) is 3.93. The van der Waals surface area contributed by atoms with Gasteiger partial charge >= 0.3 is 0 Å². The summed E-state index contributed by atoms with van der Waals surface area (Å²) in [4.78, 5) is 0. The van der Waals surface area contributed by atoms with Crippen molar-refractivity contribution in [2.75, 3.05) is 19.6 Å². The molecule has 2 N–H and O–H groups in total. The van der Waals surface area contributed by atoms with Crippen LogP contribution in [0.25, 0.3) is 0 Å². The van der Waals surface area contributed by atoms with Gasteiger partial charge in [-0.15, -0.1) is 0 Å². The number of nitrogens with zero attached hydrogens (tertiary/aromatic N) is 1. The Balaban J connectivity index is 1.84. The molecule has 0 bridgehead atoms. The zero-order valence-corrected chi connectivity index (χ0v) is 12.2. The lowest BCUT2D eigenvalue weighted by atomic mass is 10.00. The van der Waals surface area contributed by atoms with Crippen molar-refractivity contribution < 1.29 is 8.42 Å². The van der Waals surface area contributed by atoms with Crippen LogP contribution in [0.15, 0.2) is 0 Å². The maximum atomic E-state index is 12.1. The molecule has 0 spiro atoms. The van der Waals surface area contributed by atoms with Crippen molar-refractivity contribution in [1.82, 2.24) is 14.3 Å². The normalized spacial score (nSPS) is 26.7. The van der Waals surface area contributed by atoms with Gasteiger partial charge in [-0.1, -0.05) is 0 Å². The molecule has 2 rings (SSSR count). The number of hydrogen-bond acceptors (Lipinski definition) is 3. The molecule has 1 aliphatic carbocycles. The number of hydrogen-bond donors (Lipinski definition) is 2. The molecule has 18 heavy (non-hydrogen) atoms. The van der Waals surface area contributed by atoms with E-state index in [1.54, 1.807) is 4.31 Å². The van der Waals surface area contributed by atoms with Gasteiger partial charge in [-0.25, -0.2) is 0 Å². The van der Waals surface area contributed by atoms with Crippen LogP contribution in [0.1, 0.15) is 39.5 Å². The second-order valence-electron chi connectivity index (χ2n) is 5.83. The van der Waals surface area contributed by atoms with Gasteiger partial charge in [0.15, 0.2) is 0 Å². The van der Waals surface area contributed by atoms with Gasteiger partial charge in [0.2, 0.25) is 0 Å². The first kappa shape index (κ1) is 14.2. The molecule has 1 saturated carbocycles. The Morgan fingerprint density at radius 3 is 2.61 bits per heavy atom. The van der Waals surface area contributed by atoms with Gasteiger partial charge in [-0.3, -0.25) is 0 Å². The highest BCUT2D eigenvalue weighted by molar-refractivity contribution is 7.87. The summed E-state index contributed by atoms with van der Waals surface area (Å²) < 4.78 is 28.4. The molecule has 1 atom stereocenters. The lowest BCUT2D eigenvalue weighted by molar-refractivity contribution is 0.256. The fraction of sp³-hybridized carbons (Fsp3) is 1.00. The van der Waals surface area contributed by atoms with Crippen LogP contribution in [0.3, 0.4) is 0 Å². The summed E-state index contributed by atoms with van der Waals surface area (Å²) in [6.45, 7) is 5.98. The SMILES string of the molecule is CC(C)NS(=O)(=O)N1CCCC(CNC2CC2)C1. The van der Waals surface area contributed by atoms with Gasteiger partial charge < -0.3 is 5.32 Å². The number of rotatable bonds is 6. The van der Waals surface area contributed by atoms with E-state index >= 15 is 0 Å². The van der Waals surface area contributed by atoms with E-state index < -0.39 is 10.2 Å². The third-order valence-corrected chi connectivity index (χ3v) is 5.26. The molecule has 2 fully saturated rings. The zero-order chi connectivity index (χ0) is 13.2. The number of nitrogens with one attached hydrogen (secondary N) is 2. The first-order valence-corrected chi connectivity index (χ1v) is 8.42. The van der Waals surface area contributed by atoms with Crippen LogP contribution in [-0.2, 0) is 10.2 Å². The van der Waals surface area contributed by atoms with Crippen molar-refractivity contribution >= 4 is 10.2 Å². The molecular formula is C12H25N3O2S. The van der Waals surface area contributed by atoms with Crippen molar-refractivity contribution in [2.24, 2.45) is 5.92 Å². The molecule has 0 aromatic rings. The summed E-state index contributed by atoms with van der Waals surface area (Å²) in [5.41, 5.74) is 0. The zero-order valence-electron chi connectivity index (χ0n) is 11.4. The Bertz CT molecular complexity index is 366. The van der Waals surface area contributed by atoms with Gasteiger partial charge in [-0.05, 0) is 52.0 Å². The molecule has 0 amide bonds. The topological polar surface area (TPSA) is 61.4 Å². The van der Waals surface area contributed by atoms with Crippen LogP contribution in [0.2, 0.25) is 0 Å². The average Bonchev–Trinajstić information content (AvgIpc) is 3.09. The first-order valence-electron chi connectivity index (χ1n) is 6.98. The highest BCUT2D eigenvalue weighted by Gasteiger charge is 2.30. The highest BCUT2D eigenvalue weighted by atomic mass is 32.2. The van der Waals surface area contributed by atoms with Crippen LogP contribution >= 0.6 is 0 Å². The van der Waals surface area contributed by atoms with E-state index in [9.17, 15) is 8.42 Å². The van der Waals surface area contributed by atoms with Gasteiger partial charge in [0.05, 0.1) is 0 Å². The van der Waals surface area contributed by atoms with E-state index in [-0.39, 0.29) is 6.04 Å². The van der Waals surface area contributed by atoms with Gasteiger partial charge in [0.1, 0.15) is 0 Å². The Morgan fingerprint density at radius 1 is 1.28 bits per heavy atom. The van der Waals surface area contributed by atoms with E-state index in [2.05, 4.69) is 10.0 Å². The van der Waals surface area contributed by atoms with Crippen molar-refractivity contribution in [1.29, 1.82) is 0 Å². The van der Waals surface area contributed by atoms with Gasteiger partial charge in [-0.2, -0.15) is 17.4 Å². The molecule has 106 valence electrons. The molecule has 6 heteroatoms. The summed E-state index contributed by atoms with van der Waals surface area (Å²) in [6, 6.07) is 0.658. The van der Waals surface area contributed by atoms with E-state index in [1.165, 1.54) is 12.8 Å². The van der Waals surface area contributed by atoms with E-state index in [0.717, 1.165) is 19.4 Å². The molecule has 2 aliphatic rings. The van der Waals surface area contributed by atoms with Crippen molar-refractivity contribution in [3.63, 3.8) is 0 Å². The third-order valence-electron chi connectivity index (χ3n) is 3.48. The van der Waals surface area contributed by atoms with Gasteiger partial charge in [0, 0.05) is 25.2 Å². The second kappa shape index (κ2) is 5.86. The molecule has 0 aromatic heterocycles. The highest BCUT2D eigenvalue weighted by Crippen LogP contribution is 2.22. The standard InChI is InChI=1S/C12H25N3O2S/c1-10(2)14-18(16,17)15-7-3-4-11(9-15)8-13-12-5-6-12/h10-14H,3-9H2,1-2H3.